The highest BCUT2D eigenvalue weighted by atomic mass is 16.2. The van der Waals surface area contributed by atoms with Crippen molar-refractivity contribution < 1.29 is 4.79 Å². The highest BCUT2D eigenvalue weighted by Gasteiger charge is 2.53. The molecule has 0 bridgehead atoms. The molecule has 1 amide bonds. The monoisotopic (exact) mass is 365 g/mol. The van der Waals surface area contributed by atoms with E-state index in [-0.39, 0.29) is 5.41 Å². The zero-order chi connectivity index (χ0) is 18.9. The van der Waals surface area contributed by atoms with E-state index in [2.05, 4.69) is 32.3 Å². The second-order valence-corrected chi connectivity index (χ2v) is 7.81. The van der Waals surface area contributed by atoms with Crippen molar-refractivity contribution in [3.63, 3.8) is 0 Å². The van der Waals surface area contributed by atoms with Crippen LogP contribution in [0.15, 0.2) is 42.7 Å². The number of carbonyl (C=O) groups is 1. The van der Waals surface area contributed by atoms with Gasteiger partial charge in [0.25, 0.3) is 0 Å². The first-order chi connectivity index (χ1) is 13.1. The van der Waals surface area contributed by atoms with Crippen LogP contribution in [0.5, 0.6) is 0 Å². The summed E-state index contributed by atoms with van der Waals surface area (Å²) in [6.07, 6.45) is 5.42. The number of nitrogens with zero attached hydrogens (tertiary/aromatic N) is 4. The fourth-order valence-electron chi connectivity index (χ4n) is 3.92. The highest BCUT2D eigenvalue weighted by Crippen LogP contribution is 2.49. The van der Waals surface area contributed by atoms with Crippen LogP contribution >= 0.6 is 0 Å². The van der Waals surface area contributed by atoms with Gasteiger partial charge in [0.15, 0.2) is 0 Å². The number of anilines is 2. The SMILES string of the molecule is CN(C)c1cc(NC2CCN(C(=O)C3(c4ccccc4)CC3)CC2)ncn1. The van der Waals surface area contributed by atoms with Crippen molar-refractivity contribution >= 4 is 17.5 Å². The highest BCUT2D eigenvalue weighted by molar-refractivity contribution is 5.91. The minimum atomic E-state index is -0.255. The Morgan fingerprint density at radius 3 is 2.48 bits per heavy atom. The summed E-state index contributed by atoms with van der Waals surface area (Å²) in [4.78, 5) is 25.8. The summed E-state index contributed by atoms with van der Waals surface area (Å²) in [5.74, 6) is 2.05. The van der Waals surface area contributed by atoms with Crippen LogP contribution in [0.3, 0.4) is 0 Å². The lowest BCUT2D eigenvalue weighted by Crippen LogP contribution is -2.46. The molecule has 1 aliphatic heterocycles. The van der Waals surface area contributed by atoms with Crippen molar-refractivity contribution in [2.75, 3.05) is 37.4 Å². The average molecular weight is 365 g/mol. The Balaban J connectivity index is 1.35. The van der Waals surface area contributed by atoms with E-state index >= 15 is 0 Å². The van der Waals surface area contributed by atoms with Crippen LogP contribution in [0.1, 0.15) is 31.2 Å². The van der Waals surface area contributed by atoms with Crippen molar-refractivity contribution in [3.8, 4) is 0 Å². The van der Waals surface area contributed by atoms with Crippen LogP contribution in [0.2, 0.25) is 0 Å². The first kappa shape index (κ1) is 17.8. The Kier molecular flexibility index (Phi) is 4.72. The summed E-state index contributed by atoms with van der Waals surface area (Å²) in [5.41, 5.74) is 0.918. The second-order valence-electron chi connectivity index (χ2n) is 7.81. The minimum Gasteiger partial charge on any atom is -0.367 e. The Morgan fingerprint density at radius 1 is 1.15 bits per heavy atom. The molecule has 142 valence electrons. The molecular weight excluding hydrogens is 338 g/mol. The van der Waals surface area contributed by atoms with Crippen molar-refractivity contribution in [2.45, 2.75) is 37.1 Å². The van der Waals surface area contributed by atoms with E-state index in [4.69, 9.17) is 0 Å². The molecule has 2 aliphatic rings. The zero-order valence-corrected chi connectivity index (χ0v) is 16.1. The van der Waals surface area contributed by atoms with Gasteiger partial charge in [-0.05, 0) is 31.2 Å². The van der Waals surface area contributed by atoms with Gasteiger partial charge in [0.1, 0.15) is 18.0 Å². The number of hydrogen-bond donors (Lipinski definition) is 1. The Hall–Kier alpha value is -2.63. The molecule has 6 nitrogen and oxygen atoms in total. The number of aromatic nitrogens is 2. The van der Waals surface area contributed by atoms with E-state index < -0.39 is 0 Å². The van der Waals surface area contributed by atoms with Crippen LogP contribution in [0, 0.1) is 0 Å². The van der Waals surface area contributed by atoms with Crippen LogP contribution in [-0.2, 0) is 10.2 Å². The minimum absolute atomic E-state index is 0.255. The third-order valence-corrected chi connectivity index (χ3v) is 5.73. The van der Waals surface area contributed by atoms with E-state index in [9.17, 15) is 4.79 Å². The maximum Gasteiger partial charge on any atom is 0.233 e. The maximum absolute atomic E-state index is 13.1. The van der Waals surface area contributed by atoms with E-state index in [1.807, 2.05) is 43.3 Å². The molecule has 1 saturated carbocycles. The van der Waals surface area contributed by atoms with Crippen LogP contribution in [0.4, 0.5) is 11.6 Å². The number of amides is 1. The number of benzene rings is 1. The largest absolute Gasteiger partial charge is 0.367 e. The first-order valence-corrected chi connectivity index (χ1v) is 9.69. The van der Waals surface area contributed by atoms with Gasteiger partial charge < -0.3 is 15.1 Å². The number of piperidine rings is 1. The van der Waals surface area contributed by atoms with Gasteiger partial charge in [-0.1, -0.05) is 30.3 Å². The molecular formula is C21H27N5O. The first-order valence-electron chi connectivity index (χ1n) is 9.69. The molecule has 2 fully saturated rings. The van der Waals surface area contributed by atoms with Crippen molar-refractivity contribution in [3.05, 3.63) is 48.3 Å². The lowest BCUT2D eigenvalue weighted by Gasteiger charge is -2.35. The predicted octanol–water partition coefficient (Wildman–Crippen LogP) is 2.68. The fraction of sp³-hybridized carbons (Fsp3) is 0.476. The van der Waals surface area contributed by atoms with E-state index in [0.717, 1.165) is 50.4 Å². The third kappa shape index (κ3) is 3.61. The fourth-order valence-corrected chi connectivity index (χ4v) is 3.92. The van der Waals surface area contributed by atoms with Crippen molar-refractivity contribution in [2.24, 2.45) is 0 Å². The van der Waals surface area contributed by atoms with Crippen LogP contribution in [-0.4, -0.2) is 54.0 Å². The van der Waals surface area contributed by atoms with Crippen molar-refractivity contribution in [1.82, 2.24) is 14.9 Å². The number of nitrogens with one attached hydrogen (secondary N) is 1. The molecule has 1 aromatic carbocycles. The summed E-state index contributed by atoms with van der Waals surface area (Å²) >= 11 is 0. The molecule has 1 saturated heterocycles. The van der Waals surface area contributed by atoms with Gasteiger partial charge in [-0.25, -0.2) is 9.97 Å². The topological polar surface area (TPSA) is 61.4 Å². The van der Waals surface area contributed by atoms with Gasteiger partial charge in [0, 0.05) is 39.3 Å². The Labute approximate surface area is 160 Å². The summed E-state index contributed by atoms with van der Waals surface area (Å²) in [5, 5.41) is 3.51. The van der Waals surface area contributed by atoms with E-state index in [1.54, 1.807) is 6.33 Å². The maximum atomic E-state index is 13.1. The molecule has 27 heavy (non-hydrogen) atoms. The Bertz CT molecular complexity index is 795. The summed E-state index contributed by atoms with van der Waals surface area (Å²) in [6.45, 7) is 1.60. The standard InChI is InChI=1S/C21H27N5O/c1-25(2)19-14-18(22-15-23-19)24-17-8-12-26(13-9-17)20(27)21(10-11-21)16-6-4-3-5-7-16/h3-7,14-15,17H,8-13H2,1-2H3,(H,22,23,24). The lowest BCUT2D eigenvalue weighted by atomic mass is 9.93. The molecule has 4 rings (SSSR count). The molecule has 1 aliphatic carbocycles. The molecule has 1 N–H and O–H groups in total. The van der Waals surface area contributed by atoms with Gasteiger partial charge in [-0.15, -0.1) is 0 Å². The summed E-state index contributed by atoms with van der Waals surface area (Å²) < 4.78 is 0. The van der Waals surface area contributed by atoms with Crippen LogP contribution < -0.4 is 10.2 Å². The second kappa shape index (κ2) is 7.18. The van der Waals surface area contributed by atoms with E-state index in [1.165, 1.54) is 5.56 Å². The van der Waals surface area contributed by atoms with Gasteiger partial charge in [0.05, 0.1) is 5.41 Å². The molecule has 0 unspecified atom stereocenters. The quantitative estimate of drug-likeness (QED) is 0.883. The van der Waals surface area contributed by atoms with Gasteiger partial charge in [0.2, 0.25) is 5.91 Å². The molecule has 0 atom stereocenters. The molecule has 0 radical (unpaired) electrons. The normalized spacial score (nSPS) is 18.8. The average Bonchev–Trinajstić information content (AvgIpc) is 3.51. The van der Waals surface area contributed by atoms with E-state index in [0.29, 0.717) is 11.9 Å². The third-order valence-electron chi connectivity index (χ3n) is 5.73. The number of carbonyl (C=O) groups excluding carboxylic acids is 1. The lowest BCUT2D eigenvalue weighted by molar-refractivity contribution is -0.134. The summed E-state index contributed by atoms with van der Waals surface area (Å²) in [7, 11) is 3.94. The molecule has 0 spiro atoms. The van der Waals surface area contributed by atoms with Crippen molar-refractivity contribution in [1.29, 1.82) is 0 Å². The van der Waals surface area contributed by atoms with Gasteiger partial charge in [-0.3, -0.25) is 4.79 Å². The molecule has 6 heteroatoms. The number of rotatable bonds is 5. The zero-order valence-electron chi connectivity index (χ0n) is 16.1. The smallest absolute Gasteiger partial charge is 0.233 e. The Morgan fingerprint density at radius 2 is 1.85 bits per heavy atom. The molecule has 2 aromatic rings. The predicted molar refractivity (Wildman–Crippen MR) is 107 cm³/mol. The molecule has 1 aromatic heterocycles. The number of likely N-dealkylation sites (tertiary alicyclic amines) is 1. The van der Waals surface area contributed by atoms with Crippen LogP contribution in [0.25, 0.3) is 0 Å². The number of hydrogen-bond acceptors (Lipinski definition) is 5. The summed E-state index contributed by atoms with van der Waals surface area (Å²) in [6, 6.07) is 12.6. The van der Waals surface area contributed by atoms with Gasteiger partial charge >= 0.3 is 0 Å². The van der Waals surface area contributed by atoms with Gasteiger partial charge in [-0.2, -0.15) is 0 Å². The molecule has 2 heterocycles.